The lowest BCUT2D eigenvalue weighted by Crippen LogP contribution is -2.31. The van der Waals surface area contributed by atoms with Crippen molar-refractivity contribution in [1.29, 1.82) is 0 Å². The van der Waals surface area contributed by atoms with E-state index in [2.05, 4.69) is 15.6 Å². The fourth-order valence-corrected chi connectivity index (χ4v) is 3.82. The van der Waals surface area contributed by atoms with Gasteiger partial charge in [-0.25, -0.2) is 4.98 Å². The van der Waals surface area contributed by atoms with Crippen LogP contribution < -0.4 is 10.6 Å². The summed E-state index contributed by atoms with van der Waals surface area (Å²) in [4.78, 5) is 29.3. The van der Waals surface area contributed by atoms with E-state index in [9.17, 15) is 14.0 Å². The Bertz CT molecular complexity index is 880. The molecule has 6 nitrogen and oxygen atoms in total. The number of carbonyl (C=O) groups is 2. The van der Waals surface area contributed by atoms with Gasteiger partial charge in [-0.15, -0.1) is 0 Å². The number of hydrogen-bond acceptors (Lipinski definition) is 4. The van der Waals surface area contributed by atoms with Crippen molar-refractivity contribution in [3.8, 4) is 0 Å². The van der Waals surface area contributed by atoms with Gasteiger partial charge in [0, 0.05) is 30.5 Å². The molecule has 1 aromatic heterocycles. The number of carbonyl (C=O) groups excluding carboxylic acids is 2. The Kier molecular flexibility index (Phi) is 5.09. The molecular formula is C21H22FN3O3. The van der Waals surface area contributed by atoms with Crippen molar-refractivity contribution >= 4 is 11.8 Å². The van der Waals surface area contributed by atoms with Crippen LogP contribution in [0.15, 0.2) is 42.5 Å². The molecule has 2 aromatic rings. The third kappa shape index (κ3) is 3.49. The van der Waals surface area contributed by atoms with Crippen LogP contribution in [0.3, 0.4) is 0 Å². The van der Waals surface area contributed by atoms with Crippen molar-refractivity contribution < 1.29 is 18.7 Å². The molecule has 2 N–H and O–H groups in total. The van der Waals surface area contributed by atoms with Crippen LogP contribution in [0.2, 0.25) is 0 Å². The smallest absolute Gasteiger partial charge is 0.269 e. The molecule has 1 saturated carbocycles. The molecule has 146 valence electrons. The molecule has 1 aliphatic heterocycles. The van der Waals surface area contributed by atoms with E-state index in [0.29, 0.717) is 36.3 Å². The number of hydrogen-bond donors (Lipinski definition) is 2. The number of aromatic nitrogens is 1. The molecule has 28 heavy (non-hydrogen) atoms. The zero-order chi connectivity index (χ0) is 19.7. The van der Waals surface area contributed by atoms with Crippen molar-refractivity contribution in [3.63, 3.8) is 0 Å². The maximum atomic E-state index is 13.9. The second-order valence-corrected chi connectivity index (χ2v) is 7.23. The number of halogens is 1. The number of rotatable bonds is 6. The Hall–Kier alpha value is -2.80. The average molecular weight is 383 g/mol. The van der Waals surface area contributed by atoms with Gasteiger partial charge in [0.05, 0.1) is 24.8 Å². The van der Waals surface area contributed by atoms with Crippen molar-refractivity contribution in [2.24, 2.45) is 11.8 Å². The van der Waals surface area contributed by atoms with E-state index >= 15 is 0 Å². The molecule has 2 heterocycles. The minimum absolute atomic E-state index is 0.0962. The predicted octanol–water partition coefficient (Wildman–Crippen LogP) is 1.92. The van der Waals surface area contributed by atoms with E-state index in [-0.39, 0.29) is 17.6 Å². The molecule has 2 amide bonds. The third-order valence-electron chi connectivity index (χ3n) is 5.53. The number of ether oxygens (including phenoxy) is 1. The van der Waals surface area contributed by atoms with Gasteiger partial charge < -0.3 is 15.4 Å². The Labute approximate surface area is 162 Å². The highest BCUT2D eigenvalue weighted by molar-refractivity contribution is 5.99. The minimum atomic E-state index is -0.681. The first-order valence-corrected chi connectivity index (χ1v) is 9.36. The van der Waals surface area contributed by atoms with Gasteiger partial charge >= 0.3 is 0 Å². The first-order valence-electron chi connectivity index (χ1n) is 9.36. The fraction of sp³-hybridized carbons (Fsp3) is 0.381. The number of benzene rings is 1. The van der Waals surface area contributed by atoms with Crippen LogP contribution in [0.25, 0.3) is 0 Å². The number of pyridine rings is 1. The Balaban J connectivity index is 1.65. The standard InChI is InChI=1S/C21H22FN3O3/c1-23-21(27)18-8-13(20(26)25-19-15-10-28-11-16(15)19)7-17(24-18)14(9-22)12-5-3-2-4-6-12/h2-8,14-16,19H,9-11H2,1H3,(H,23,27)(H,25,26)/t14?,15-,16+,19?. The molecule has 1 saturated heterocycles. The highest BCUT2D eigenvalue weighted by Gasteiger charge is 2.54. The highest BCUT2D eigenvalue weighted by Crippen LogP contribution is 2.44. The molecule has 0 bridgehead atoms. The summed E-state index contributed by atoms with van der Waals surface area (Å²) in [5.41, 5.74) is 1.51. The first-order chi connectivity index (χ1) is 13.6. The number of fused-ring (bicyclic) bond motifs is 1. The maximum Gasteiger partial charge on any atom is 0.269 e. The summed E-state index contributed by atoms with van der Waals surface area (Å²) in [5, 5.41) is 5.52. The molecule has 4 atom stereocenters. The molecule has 0 radical (unpaired) electrons. The molecule has 2 fully saturated rings. The van der Waals surface area contributed by atoms with Gasteiger partial charge in [-0.1, -0.05) is 30.3 Å². The van der Waals surface area contributed by atoms with Crippen LogP contribution in [0.1, 0.15) is 38.0 Å². The van der Waals surface area contributed by atoms with Gasteiger partial charge in [-0.3, -0.25) is 14.0 Å². The number of nitrogens with zero attached hydrogens (tertiary/aromatic N) is 1. The van der Waals surface area contributed by atoms with Crippen molar-refractivity contribution in [1.82, 2.24) is 15.6 Å². The van der Waals surface area contributed by atoms with E-state index in [1.807, 2.05) is 30.3 Å². The van der Waals surface area contributed by atoms with E-state index in [0.717, 1.165) is 5.56 Å². The number of alkyl halides is 1. The van der Waals surface area contributed by atoms with E-state index < -0.39 is 18.5 Å². The van der Waals surface area contributed by atoms with Crippen LogP contribution >= 0.6 is 0 Å². The first kappa shape index (κ1) is 18.6. The molecule has 2 unspecified atom stereocenters. The van der Waals surface area contributed by atoms with Crippen LogP contribution in [0, 0.1) is 11.8 Å². The highest BCUT2D eigenvalue weighted by atomic mass is 19.1. The lowest BCUT2D eigenvalue weighted by Gasteiger charge is -2.16. The molecule has 7 heteroatoms. The zero-order valence-corrected chi connectivity index (χ0v) is 15.5. The van der Waals surface area contributed by atoms with Crippen LogP contribution in [0.4, 0.5) is 4.39 Å². The van der Waals surface area contributed by atoms with Crippen LogP contribution in [-0.2, 0) is 4.74 Å². The predicted molar refractivity (Wildman–Crippen MR) is 101 cm³/mol. The van der Waals surface area contributed by atoms with Gasteiger partial charge in [-0.05, 0) is 17.7 Å². The second kappa shape index (κ2) is 7.67. The van der Waals surface area contributed by atoms with Crippen molar-refractivity contribution in [2.45, 2.75) is 12.0 Å². The van der Waals surface area contributed by atoms with E-state index in [1.165, 1.54) is 13.1 Å². The third-order valence-corrected chi connectivity index (χ3v) is 5.53. The average Bonchev–Trinajstić information content (AvgIpc) is 3.14. The van der Waals surface area contributed by atoms with E-state index in [1.54, 1.807) is 6.07 Å². The second-order valence-electron chi connectivity index (χ2n) is 7.23. The fourth-order valence-electron chi connectivity index (χ4n) is 3.82. The van der Waals surface area contributed by atoms with Crippen LogP contribution in [0.5, 0.6) is 0 Å². The molecule has 2 aliphatic rings. The SMILES string of the molecule is CNC(=O)c1cc(C(=O)NC2[C@H]3COC[C@@H]23)cc(C(CF)c2ccccc2)n1. The van der Waals surface area contributed by atoms with Gasteiger partial charge in [0.1, 0.15) is 12.4 Å². The summed E-state index contributed by atoms with van der Waals surface area (Å²) >= 11 is 0. The van der Waals surface area contributed by atoms with Crippen LogP contribution in [-0.4, -0.2) is 49.8 Å². The van der Waals surface area contributed by atoms with Gasteiger partial charge in [0.25, 0.3) is 11.8 Å². The van der Waals surface area contributed by atoms with Crippen molar-refractivity contribution in [2.75, 3.05) is 26.9 Å². The van der Waals surface area contributed by atoms with Gasteiger partial charge in [-0.2, -0.15) is 0 Å². The molecule has 4 rings (SSSR count). The minimum Gasteiger partial charge on any atom is -0.381 e. The monoisotopic (exact) mass is 383 g/mol. The van der Waals surface area contributed by atoms with Gasteiger partial charge in [0.2, 0.25) is 0 Å². The number of nitrogens with one attached hydrogen (secondary N) is 2. The maximum absolute atomic E-state index is 13.9. The number of amides is 2. The Morgan fingerprint density at radius 2 is 1.89 bits per heavy atom. The van der Waals surface area contributed by atoms with Crippen molar-refractivity contribution in [3.05, 3.63) is 65.0 Å². The summed E-state index contributed by atoms with van der Waals surface area (Å²) in [5.74, 6) is -0.610. The quantitative estimate of drug-likeness (QED) is 0.799. The summed E-state index contributed by atoms with van der Waals surface area (Å²) in [6.45, 7) is 0.649. The Morgan fingerprint density at radius 3 is 2.54 bits per heavy atom. The summed E-state index contributed by atoms with van der Waals surface area (Å²) in [7, 11) is 1.49. The normalized spacial score (nSPS) is 23.6. The molecule has 1 aromatic carbocycles. The largest absolute Gasteiger partial charge is 0.381 e. The molecule has 1 aliphatic carbocycles. The molecular weight excluding hydrogens is 361 g/mol. The lowest BCUT2D eigenvalue weighted by molar-refractivity contribution is 0.0928. The van der Waals surface area contributed by atoms with Gasteiger partial charge in [0.15, 0.2) is 0 Å². The summed E-state index contributed by atoms with van der Waals surface area (Å²) in [6, 6.07) is 12.2. The summed E-state index contributed by atoms with van der Waals surface area (Å²) in [6.07, 6.45) is 0. The lowest BCUT2D eigenvalue weighted by atomic mass is 9.95. The zero-order valence-electron chi connectivity index (χ0n) is 15.5. The van der Waals surface area contributed by atoms with E-state index in [4.69, 9.17) is 4.74 Å². The molecule has 0 spiro atoms. The Morgan fingerprint density at radius 1 is 1.18 bits per heavy atom. The topological polar surface area (TPSA) is 80.3 Å². The summed E-state index contributed by atoms with van der Waals surface area (Å²) < 4.78 is 19.2.